The summed E-state index contributed by atoms with van der Waals surface area (Å²) in [5, 5.41) is 0. The average molecular weight is 249 g/mol. The van der Waals surface area contributed by atoms with Gasteiger partial charge in [-0.25, -0.2) is 0 Å². The fourth-order valence-electron chi connectivity index (χ4n) is 1.12. The van der Waals surface area contributed by atoms with E-state index in [0.717, 1.165) is 6.07 Å². The van der Waals surface area contributed by atoms with Gasteiger partial charge in [-0.15, -0.1) is 6.58 Å². The topological polar surface area (TPSA) is 35.2 Å². The number of hydrogen-bond donors (Lipinski definition) is 1. The van der Waals surface area contributed by atoms with E-state index in [9.17, 15) is 17.6 Å². The van der Waals surface area contributed by atoms with Crippen LogP contribution in [0.1, 0.15) is 11.6 Å². The Bertz CT molecular complexity index is 395. The molecule has 0 amide bonds. The molecule has 0 unspecified atom stereocenters. The van der Waals surface area contributed by atoms with Crippen molar-refractivity contribution in [2.45, 2.75) is 18.6 Å². The van der Waals surface area contributed by atoms with Crippen LogP contribution in [0, 0.1) is 0 Å². The van der Waals surface area contributed by atoms with Crippen LogP contribution in [0.2, 0.25) is 0 Å². The summed E-state index contributed by atoms with van der Waals surface area (Å²) in [5.74, 6) is -0.370. The highest BCUT2D eigenvalue weighted by Crippen LogP contribution is 2.28. The number of hydrogen-bond acceptors (Lipinski definition) is 2. The Balaban J connectivity index is 2.89. The third-order valence-electron chi connectivity index (χ3n) is 2.00. The average Bonchev–Trinajstić information content (AvgIpc) is 2.27. The van der Waals surface area contributed by atoms with E-state index < -0.39 is 18.6 Å². The third-order valence-corrected chi connectivity index (χ3v) is 2.00. The van der Waals surface area contributed by atoms with Gasteiger partial charge in [0.15, 0.2) is 0 Å². The van der Waals surface area contributed by atoms with E-state index in [-0.39, 0.29) is 5.75 Å². The minimum atomic E-state index is -4.52. The van der Waals surface area contributed by atoms with Gasteiger partial charge >= 0.3 is 12.5 Å². The molecule has 1 rings (SSSR count). The second-order valence-corrected chi connectivity index (χ2v) is 3.30. The highest BCUT2D eigenvalue weighted by Gasteiger charge is 2.43. The van der Waals surface area contributed by atoms with Gasteiger partial charge in [-0.2, -0.15) is 17.6 Å². The van der Waals surface area contributed by atoms with E-state index in [0.29, 0.717) is 5.56 Å². The van der Waals surface area contributed by atoms with Crippen LogP contribution < -0.4 is 10.5 Å². The molecule has 0 radical (unpaired) electrons. The van der Waals surface area contributed by atoms with Crippen LogP contribution in [-0.4, -0.2) is 12.5 Å². The number of nitrogens with two attached hydrogens (primary N) is 1. The van der Waals surface area contributed by atoms with Crippen LogP contribution in [-0.2, 0) is 0 Å². The van der Waals surface area contributed by atoms with Gasteiger partial charge in [0.1, 0.15) is 5.75 Å². The first kappa shape index (κ1) is 13.5. The predicted molar refractivity (Wildman–Crippen MR) is 55.1 cm³/mol. The molecule has 0 bridgehead atoms. The highest BCUT2D eigenvalue weighted by atomic mass is 19.3. The van der Waals surface area contributed by atoms with E-state index in [4.69, 9.17) is 5.73 Å². The van der Waals surface area contributed by atoms with E-state index in [1.807, 2.05) is 0 Å². The van der Waals surface area contributed by atoms with Gasteiger partial charge in [-0.3, -0.25) is 0 Å². The Morgan fingerprint density at radius 2 is 2.00 bits per heavy atom. The Hall–Kier alpha value is -1.56. The maximum atomic E-state index is 12.6. The van der Waals surface area contributed by atoms with Crippen LogP contribution >= 0.6 is 0 Å². The first-order valence-corrected chi connectivity index (χ1v) is 4.70. The zero-order valence-electron chi connectivity index (χ0n) is 8.75. The van der Waals surface area contributed by atoms with Crippen molar-refractivity contribution in [1.82, 2.24) is 0 Å². The van der Waals surface area contributed by atoms with Crippen LogP contribution in [0.25, 0.3) is 0 Å². The lowest BCUT2D eigenvalue weighted by molar-refractivity contribution is -0.253. The summed E-state index contributed by atoms with van der Waals surface area (Å²) >= 11 is 0. The van der Waals surface area contributed by atoms with E-state index in [1.54, 1.807) is 6.07 Å². The van der Waals surface area contributed by atoms with E-state index in [1.165, 1.54) is 18.2 Å². The lowest BCUT2D eigenvalue weighted by Gasteiger charge is -2.17. The summed E-state index contributed by atoms with van der Waals surface area (Å²) in [6, 6.07) is 4.69. The zero-order valence-corrected chi connectivity index (χ0v) is 8.75. The smallest absolute Gasteiger partial charge is 0.428 e. The van der Waals surface area contributed by atoms with Crippen molar-refractivity contribution in [3.63, 3.8) is 0 Å². The van der Waals surface area contributed by atoms with Gasteiger partial charge in [0.05, 0.1) is 0 Å². The SMILES string of the molecule is C=C[C@@H](N)c1cccc(OC(F)(F)C(F)F)c1. The third kappa shape index (κ3) is 3.45. The minimum absolute atomic E-state index is 0.370. The molecule has 0 aliphatic rings. The number of alkyl halides is 4. The van der Waals surface area contributed by atoms with Crippen LogP contribution in [0.4, 0.5) is 17.6 Å². The molecule has 6 heteroatoms. The zero-order chi connectivity index (χ0) is 13.1. The molecule has 0 spiro atoms. The number of rotatable bonds is 5. The fourth-order valence-corrected chi connectivity index (χ4v) is 1.12. The first-order valence-electron chi connectivity index (χ1n) is 4.70. The van der Waals surface area contributed by atoms with Gasteiger partial charge in [0.2, 0.25) is 0 Å². The van der Waals surface area contributed by atoms with Crippen molar-refractivity contribution < 1.29 is 22.3 Å². The maximum Gasteiger partial charge on any atom is 0.461 e. The Morgan fingerprint density at radius 3 is 2.53 bits per heavy atom. The second-order valence-electron chi connectivity index (χ2n) is 3.30. The molecular weight excluding hydrogens is 238 g/mol. The largest absolute Gasteiger partial charge is 0.461 e. The highest BCUT2D eigenvalue weighted by molar-refractivity contribution is 5.32. The molecule has 2 nitrogen and oxygen atoms in total. The second kappa shape index (κ2) is 5.18. The molecule has 0 aliphatic carbocycles. The van der Waals surface area contributed by atoms with Crippen molar-refractivity contribution in [2.24, 2.45) is 5.73 Å². The molecule has 0 saturated carbocycles. The lowest BCUT2D eigenvalue weighted by atomic mass is 10.1. The van der Waals surface area contributed by atoms with Gasteiger partial charge < -0.3 is 10.5 Å². The number of benzene rings is 1. The molecule has 0 aliphatic heterocycles. The minimum Gasteiger partial charge on any atom is -0.428 e. The molecule has 0 heterocycles. The quantitative estimate of drug-likeness (QED) is 0.642. The molecule has 1 aromatic carbocycles. The van der Waals surface area contributed by atoms with Crippen LogP contribution in [0.3, 0.4) is 0 Å². The van der Waals surface area contributed by atoms with E-state index in [2.05, 4.69) is 11.3 Å². The molecule has 17 heavy (non-hydrogen) atoms. The van der Waals surface area contributed by atoms with Crippen molar-refractivity contribution in [2.75, 3.05) is 0 Å². The van der Waals surface area contributed by atoms with Gasteiger partial charge in [0.25, 0.3) is 0 Å². The van der Waals surface area contributed by atoms with Crippen molar-refractivity contribution in [1.29, 1.82) is 0 Å². The predicted octanol–water partition coefficient (Wildman–Crippen LogP) is 3.11. The fraction of sp³-hybridized carbons (Fsp3) is 0.273. The van der Waals surface area contributed by atoms with Crippen molar-refractivity contribution in [3.05, 3.63) is 42.5 Å². The number of ether oxygens (including phenoxy) is 1. The Labute approximate surface area is 95.7 Å². The number of halogens is 4. The molecular formula is C11H11F4NO. The summed E-state index contributed by atoms with van der Waals surface area (Å²) in [7, 11) is 0. The van der Waals surface area contributed by atoms with Crippen LogP contribution in [0.15, 0.2) is 36.9 Å². The molecule has 0 aromatic heterocycles. The summed E-state index contributed by atoms with van der Waals surface area (Å²) in [6.07, 6.45) is -7.01. The summed E-state index contributed by atoms with van der Waals surface area (Å²) in [4.78, 5) is 0. The van der Waals surface area contributed by atoms with Crippen molar-refractivity contribution in [3.8, 4) is 5.75 Å². The molecule has 0 saturated heterocycles. The monoisotopic (exact) mass is 249 g/mol. The van der Waals surface area contributed by atoms with Gasteiger partial charge in [0, 0.05) is 6.04 Å². The Kier molecular flexibility index (Phi) is 4.11. The lowest BCUT2D eigenvalue weighted by Crippen LogP contribution is -2.33. The standard InChI is InChI=1S/C11H11F4NO/c1-2-9(16)7-4-3-5-8(6-7)17-11(14,15)10(12)13/h2-6,9-10H,1,16H2/t9-/m1/s1. The Morgan fingerprint density at radius 1 is 1.35 bits per heavy atom. The van der Waals surface area contributed by atoms with Gasteiger partial charge in [-0.1, -0.05) is 18.2 Å². The molecule has 1 atom stereocenters. The molecule has 1 aromatic rings. The normalized spacial score (nSPS) is 13.5. The van der Waals surface area contributed by atoms with Gasteiger partial charge in [-0.05, 0) is 17.7 Å². The summed E-state index contributed by atoms with van der Waals surface area (Å²) in [6.45, 7) is 3.44. The maximum absolute atomic E-state index is 12.6. The summed E-state index contributed by atoms with van der Waals surface area (Å²) in [5.41, 5.74) is 6.02. The molecule has 0 fully saturated rings. The van der Waals surface area contributed by atoms with Crippen molar-refractivity contribution >= 4 is 0 Å². The summed E-state index contributed by atoms with van der Waals surface area (Å²) < 4.78 is 53.0. The molecule has 2 N–H and O–H groups in total. The van der Waals surface area contributed by atoms with Crippen LogP contribution in [0.5, 0.6) is 5.75 Å². The molecule has 94 valence electrons. The van der Waals surface area contributed by atoms with E-state index >= 15 is 0 Å². The first-order chi connectivity index (χ1) is 7.86.